The van der Waals surface area contributed by atoms with E-state index in [1.54, 1.807) is 11.8 Å². The number of hydrogen-bond donors (Lipinski definition) is 1. The fourth-order valence-corrected chi connectivity index (χ4v) is 4.50. The molecule has 1 amide bonds. The van der Waals surface area contributed by atoms with E-state index in [1.165, 1.54) is 15.8 Å². The fraction of sp³-hybridized carbons (Fsp3) is 0.192. The van der Waals surface area contributed by atoms with E-state index in [2.05, 4.69) is 70.7 Å². The molecule has 0 bridgehead atoms. The van der Waals surface area contributed by atoms with Gasteiger partial charge in [-0.3, -0.25) is 4.79 Å². The number of ether oxygens (including phenoxy) is 1. The van der Waals surface area contributed by atoms with E-state index >= 15 is 0 Å². The molecule has 0 fully saturated rings. The Hall–Kier alpha value is -3.38. The lowest BCUT2D eigenvalue weighted by Gasteiger charge is -2.31. The Bertz CT molecular complexity index is 1280. The van der Waals surface area contributed by atoms with Gasteiger partial charge in [0.25, 0.3) is 5.91 Å². The second kappa shape index (κ2) is 8.63. The minimum absolute atomic E-state index is 0.104. The summed E-state index contributed by atoms with van der Waals surface area (Å²) < 4.78 is 8.04. The molecule has 0 unspecified atom stereocenters. The van der Waals surface area contributed by atoms with Crippen molar-refractivity contribution in [1.29, 1.82) is 0 Å². The zero-order valence-electron chi connectivity index (χ0n) is 18.2. The maximum absolute atomic E-state index is 12.7. The van der Waals surface area contributed by atoms with Crippen LogP contribution in [0.3, 0.4) is 0 Å². The topological polar surface area (TPSA) is 46.5 Å². The Labute approximate surface area is 192 Å². The van der Waals surface area contributed by atoms with Gasteiger partial charge in [-0.05, 0) is 66.4 Å². The van der Waals surface area contributed by atoms with Crippen LogP contribution in [-0.4, -0.2) is 29.9 Å². The molecule has 1 N–H and O–H groups in total. The third-order valence-electron chi connectivity index (χ3n) is 5.88. The second-order valence-corrected chi connectivity index (χ2v) is 8.76. The number of carbonyl (C=O) groups is 1. The van der Waals surface area contributed by atoms with Crippen LogP contribution in [0.15, 0.2) is 77.8 Å². The molecule has 32 heavy (non-hydrogen) atoms. The van der Waals surface area contributed by atoms with Crippen molar-refractivity contribution < 1.29 is 9.53 Å². The zero-order valence-corrected chi connectivity index (χ0v) is 19.0. The number of nitrogens with zero attached hydrogens (tertiary/aromatic N) is 2. The van der Waals surface area contributed by atoms with Crippen molar-refractivity contribution in [2.45, 2.75) is 11.4 Å². The van der Waals surface area contributed by atoms with Gasteiger partial charge >= 0.3 is 0 Å². The standard InChI is InChI=1S/C26H25N3O2S/c1-28-12-11-19-15-21(6-10-23(19)28)29-13-14-31-25-16-20(5-9-24(25)29)26(30)27-17-18-3-7-22(32-2)8-4-18/h3-12,15-16H,13-14,17H2,1-2H3,(H,27,30). The number of hydrogen-bond acceptors (Lipinski definition) is 4. The lowest BCUT2D eigenvalue weighted by Crippen LogP contribution is -2.29. The summed E-state index contributed by atoms with van der Waals surface area (Å²) in [6.07, 6.45) is 4.12. The van der Waals surface area contributed by atoms with Crippen molar-refractivity contribution in [3.05, 3.63) is 84.1 Å². The average Bonchev–Trinajstić information content (AvgIpc) is 3.22. The normalized spacial score (nSPS) is 13.0. The fourth-order valence-electron chi connectivity index (χ4n) is 4.09. The number of rotatable bonds is 5. The van der Waals surface area contributed by atoms with Crippen LogP contribution < -0.4 is 15.0 Å². The Morgan fingerprint density at radius 1 is 1.06 bits per heavy atom. The van der Waals surface area contributed by atoms with Crippen molar-refractivity contribution in [3.8, 4) is 5.75 Å². The van der Waals surface area contributed by atoms with Crippen molar-refractivity contribution in [2.24, 2.45) is 7.05 Å². The summed E-state index contributed by atoms with van der Waals surface area (Å²) in [5.74, 6) is 0.634. The molecule has 0 aliphatic carbocycles. The molecule has 3 aromatic carbocycles. The highest BCUT2D eigenvalue weighted by atomic mass is 32.2. The summed E-state index contributed by atoms with van der Waals surface area (Å²) in [5, 5.41) is 4.22. The minimum atomic E-state index is -0.104. The van der Waals surface area contributed by atoms with Gasteiger partial charge in [-0.1, -0.05) is 12.1 Å². The molecule has 0 saturated heterocycles. The molecule has 0 atom stereocenters. The predicted octanol–water partition coefficient (Wildman–Crippen LogP) is 5.36. The van der Waals surface area contributed by atoms with Gasteiger partial charge in [0.1, 0.15) is 12.4 Å². The molecule has 1 aromatic heterocycles. The van der Waals surface area contributed by atoms with E-state index in [0.29, 0.717) is 18.7 Å². The summed E-state index contributed by atoms with van der Waals surface area (Å²) in [4.78, 5) is 16.2. The summed E-state index contributed by atoms with van der Waals surface area (Å²) in [6.45, 7) is 1.84. The van der Waals surface area contributed by atoms with Gasteiger partial charge < -0.3 is 19.5 Å². The minimum Gasteiger partial charge on any atom is -0.490 e. The highest BCUT2D eigenvalue weighted by molar-refractivity contribution is 7.98. The highest BCUT2D eigenvalue weighted by Crippen LogP contribution is 2.38. The third kappa shape index (κ3) is 3.94. The quantitative estimate of drug-likeness (QED) is 0.422. The SMILES string of the molecule is CSc1ccc(CNC(=O)c2ccc3c(c2)OCCN3c2ccc3c(ccn3C)c2)cc1. The Balaban J connectivity index is 1.34. The van der Waals surface area contributed by atoms with Crippen LogP contribution in [0.4, 0.5) is 11.4 Å². The monoisotopic (exact) mass is 443 g/mol. The second-order valence-electron chi connectivity index (χ2n) is 7.88. The number of fused-ring (bicyclic) bond motifs is 2. The molecule has 0 spiro atoms. The van der Waals surface area contributed by atoms with E-state index in [9.17, 15) is 4.79 Å². The van der Waals surface area contributed by atoms with Crippen LogP contribution >= 0.6 is 11.8 Å². The van der Waals surface area contributed by atoms with Crippen LogP contribution in [0, 0.1) is 0 Å². The van der Waals surface area contributed by atoms with E-state index in [0.717, 1.165) is 29.2 Å². The van der Waals surface area contributed by atoms with E-state index in [1.807, 2.05) is 30.3 Å². The first-order valence-corrected chi connectivity index (χ1v) is 11.9. The molecule has 5 rings (SSSR count). The van der Waals surface area contributed by atoms with Gasteiger partial charge in [0.15, 0.2) is 0 Å². The average molecular weight is 444 g/mol. The first kappa shape index (κ1) is 20.5. The predicted molar refractivity (Wildman–Crippen MR) is 131 cm³/mol. The van der Waals surface area contributed by atoms with Gasteiger partial charge in [-0.25, -0.2) is 0 Å². The molecule has 162 valence electrons. The summed E-state index contributed by atoms with van der Waals surface area (Å²) >= 11 is 1.71. The maximum Gasteiger partial charge on any atom is 0.251 e. The molecule has 2 heterocycles. The lowest BCUT2D eigenvalue weighted by molar-refractivity contribution is 0.0950. The number of aryl methyl sites for hydroxylation is 1. The first-order chi connectivity index (χ1) is 15.6. The van der Waals surface area contributed by atoms with Crippen LogP contribution in [-0.2, 0) is 13.6 Å². The van der Waals surface area contributed by atoms with Crippen molar-refractivity contribution in [1.82, 2.24) is 9.88 Å². The number of benzene rings is 3. The Morgan fingerprint density at radius 2 is 1.91 bits per heavy atom. The van der Waals surface area contributed by atoms with Crippen molar-refractivity contribution in [2.75, 3.05) is 24.3 Å². The number of thioether (sulfide) groups is 1. The van der Waals surface area contributed by atoms with Gasteiger partial charge in [0, 0.05) is 46.8 Å². The van der Waals surface area contributed by atoms with Crippen LogP contribution in [0.25, 0.3) is 10.9 Å². The van der Waals surface area contributed by atoms with E-state index in [4.69, 9.17) is 4.74 Å². The number of nitrogens with one attached hydrogen (secondary N) is 1. The van der Waals surface area contributed by atoms with Crippen LogP contribution in [0.1, 0.15) is 15.9 Å². The van der Waals surface area contributed by atoms with E-state index < -0.39 is 0 Å². The number of carbonyl (C=O) groups excluding carboxylic acids is 1. The molecule has 6 heteroatoms. The molecular weight excluding hydrogens is 418 g/mol. The highest BCUT2D eigenvalue weighted by Gasteiger charge is 2.21. The summed E-state index contributed by atoms with van der Waals surface area (Å²) in [6, 6.07) is 22.5. The largest absolute Gasteiger partial charge is 0.490 e. The summed E-state index contributed by atoms with van der Waals surface area (Å²) in [5.41, 5.74) is 4.99. The van der Waals surface area contributed by atoms with Gasteiger partial charge in [-0.15, -0.1) is 11.8 Å². The third-order valence-corrected chi connectivity index (χ3v) is 6.62. The Morgan fingerprint density at radius 3 is 2.72 bits per heavy atom. The first-order valence-electron chi connectivity index (χ1n) is 10.6. The van der Waals surface area contributed by atoms with Crippen molar-refractivity contribution >= 4 is 39.9 Å². The van der Waals surface area contributed by atoms with Crippen LogP contribution in [0.5, 0.6) is 5.75 Å². The molecule has 5 nitrogen and oxygen atoms in total. The molecule has 0 saturated carbocycles. The van der Waals surface area contributed by atoms with Crippen molar-refractivity contribution in [3.63, 3.8) is 0 Å². The smallest absolute Gasteiger partial charge is 0.251 e. The molecular formula is C26H25N3O2S. The molecule has 0 radical (unpaired) electrons. The molecule has 1 aliphatic rings. The number of aromatic nitrogens is 1. The van der Waals surface area contributed by atoms with Gasteiger partial charge in [-0.2, -0.15) is 0 Å². The molecule has 1 aliphatic heterocycles. The van der Waals surface area contributed by atoms with Crippen LogP contribution in [0.2, 0.25) is 0 Å². The number of amides is 1. The van der Waals surface area contributed by atoms with Gasteiger partial charge in [0.2, 0.25) is 0 Å². The van der Waals surface area contributed by atoms with Gasteiger partial charge in [0.05, 0.1) is 12.2 Å². The molecule has 4 aromatic rings. The summed E-state index contributed by atoms with van der Waals surface area (Å²) in [7, 11) is 2.05. The van der Waals surface area contributed by atoms with E-state index in [-0.39, 0.29) is 5.91 Å². The lowest BCUT2D eigenvalue weighted by atomic mass is 10.1. The number of anilines is 2. The Kier molecular flexibility index (Phi) is 5.53. The maximum atomic E-state index is 12.7. The zero-order chi connectivity index (χ0) is 22.1.